The van der Waals surface area contributed by atoms with E-state index in [1.165, 1.54) is 19.3 Å². The molecule has 0 aromatic heterocycles. The van der Waals surface area contributed by atoms with Gasteiger partial charge in [0.1, 0.15) is 0 Å². The molecule has 2 atom stereocenters. The Morgan fingerprint density at radius 3 is 2.65 bits per heavy atom. The van der Waals surface area contributed by atoms with E-state index in [0.717, 1.165) is 18.4 Å². The maximum absolute atomic E-state index is 3.68. The van der Waals surface area contributed by atoms with E-state index < -0.39 is 0 Å². The van der Waals surface area contributed by atoms with Gasteiger partial charge < -0.3 is 5.32 Å². The zero-order valence-electron chi connectivity index (χ0n) is 11.4. The Labute approximate surface area is 106 Å². The number of hydrogen-bond donors (Lipinski definition) is 1. The highest BCUT2D eigenvalue weighted by Crippen LogP contribution is 2.38. The quantitative estimate of drug-likeness (QED) is 0.786. The molecular weight excluding hydrogens is 206 g/mol. The van der Waals surface area contributed by atoms with Gasteiger partial charge in [-0.05, 0) is 42.9 Å². The first-order valence-electron chi connectivity index (χ1n) is 7.03. The average Bonchev–Trinajstić information content (AvgIpc) is 2.27. The maximum Gasteiger partial charge on any atom is 0.0139 e. The molecule has 1 aliphatic rings. The highest BCUT2D eigenvalue weighted by atomic mass is 14.9. The molecule has 17 heavy (non-hydrogen) atoms. The third kappa shape index (κ3) is 2.90. The zero-order chi connectivity index (χ0) is 12.3. The van der Waals surface area contributed by atoms with E-state index in [1.807, 2.05) is 0 Å². The van der Waals surface area contributed by atoms with Gasteiger partial charge in [0.25, 0.3) is 0 Å². The van der Waals surface area contributed by atoms with Crippen molar-refractivity contribution in [1.29, 1.82) is 0 Å². The molecule has 0 spiro atoms. The molecule has 0 bridgehead atoms. The van der Waals surface area contributed by atoms with Crippen molar-refractivity contribution in [3.05, 3.63) is 35.4 Å². The average molecular weight is 231 g/mol. The van der Waals surface area contributed by atoms with Crippen LogP contribution in [0, 0.1) is 5.92 Å². The fraction of sp³-hybridized carbons (Fsp3) is 0.625. The lowest BCUT2D eigenvalue weighted by atomic mass is 9.72. The van der Waals surface area contributed by atoms with Crippen LogP contribution in [0.2, 0.25) is 0 Å². The van der Waals surface area contributed by atoms with Crippen LogP contribution in [-0.2, 0) is 6.42 Å². The van der Waals surface area contributed by atoms with Gasteiger partial charge in [0, 0.05) is 12.0 Å². The molecule has 0 fully saturated rings. The van der Waals surface area contributed by atoms with Gasteiger partial charge in [-0.3, -0.25) is 0 Å². The molecule has 94 valence electrons. The lowest BCUT2D eigenvalue weighted by Crippen LogP contribution is -2.40. The molecule has 0 saturated carbocycles. The van der Waals surface area contributed by atoms with Crippen LogP contribution in [0.5, 0.6) is 0 Å². The molecule has 0 saturated heterocycles. The van der Waals surface area contributed by atoms with Gasteiger partial charge >= 0.3 is 0 Å². The van der Waals surface area contributed by atoms with Crippen molar-refractivity contribution in [2.24, 2.45) is 5.92 Å². The zero-order valence-corrected chi connectivity index (χ0v) is 11.4. The molecule has 0 radical (unpaired) electrons. The highest BCUT2D eigenvalue weighted by Gasteiger charge is 2.31. The molecule has 1 aromatic rings. The summed E-state index contributed by atoms with van der Waals surface area (Å²) in [6, 6.07) is 9.60. The van der Waals surface area contributed by atoms with Gasteiger partial charge in [0.05, 0.1) is 0 Å². The van der Waals surface area contributed by atoms with E-state index in [-0.39, 0.29) is 0 Å². The van der Waals surface area contributed by atoms with E-state index in [0.29, 0.717) is 6.04 Å². The molecule has 0 heterocycles. The Balaban J connectivity index is 1.99. The van der Waals surface area contributed by atoms with Crippen molar-refractivity contribution < 1.29 is 0 Å². The number of hydrogen-bond acceptors (Lipinski definition) is 1. The fourth-order valence-electron chi connectivity index (χ4n) is 2.88. The van der Waals surface area contributed by atoms with E-state index in [1.54, 1.807) is 11.1 Å². The van der Waals surface area contributed by atoms with Crippen LogP contribution in [0.4, 0.5) is 0 Å². The van der Waals surface area contributed by atoms with E-state index in [4.69, 9.17) is 0 Å². The summed E-state index contributed by atoms with van der Waals surface area (Å²) < 4.78 is 0. The number of benzene rings is 1. The Bertz CT molecular complexity index is 356. The van der Waals surface area contributed by atoms with Crippen LogP contribution in [0.25, 0.3) is 0 Å². The number of rotatable bonds is 6. The van der Waals surface area contributed by atoms with Gasteiger partial charge in [-0.25, -0.2) is 0 Å². The van der Waals surface area contributed by atoms with Crippen LogP contribution in [-0.4, -0.2) is 12.6 Å². The molecule has 2 unspecified atom stereocenters. The predicted molar refractivity (Wildman–Crippen MR) is 74.4 cm³/mol. The van der Waals surface area contributed by atoms with Gasteiger partial charge in [-0.1, -0.05) is 45.0 Å². The number of fused-ring (bicyclic) bond motifs is 1. The van der Waals surface area contributed by atoms with Gasteiger partial charge in [-0.15, -0.1) is 0 Å². The third-order valence-electron chi connectivity index (χ3n) is 3.90. The second kappa shape index (κ2) is 5.68. The lowest BCUT2D eigenvalue weighted by molar-refractivity contribution is 0.359. The first-order valence-corrected chi connectivity index (χ1v) is 7.03. The fourth-order valence-corrected chi connectivity index (χ4v) is 2.88. The molecule has 1 aromatic carbocycles. The molecule has 1 aliphatic carbocycles. The van der Waals surface area contributed by atoms with Crippen molar-refractivity contribution in [1.82, 2.24) is 5.32 Å². The smallest absolute Gasteiger partial charge is 0.0139 e. The SMILES string of the molecule is CCNC(CCC(C)C)C1Cc2ccccc21. The van der Waals surface area contributed by atoms with Gasteiger partial charge in [0.2, 0.25) is 0 Å². The molecular formula is C16H25N. The van der Waals surface area contributed by atoms with Crippen LogP contribution in [0.15, 0.2) is 24.3 Å². The summed E-state index contributed by atoms with van der Waals surface area (Å²) in [5.41, 5.74) is 3.15. The van der Waals surface area contributed by atoms with Crippen molar-refractivity contribution in [2.45, 2.75) is 52.0 Å². The Kier molecular flexibility index (Phi) is 4.22. The minimum absolute atomic E-state index is 0.678. The summed E-state index contributed by atoms with van der Waals surface area (Å²) in [6.07, 6.45) is 3.91. The summed E-state index contributed by atoms with van der Waals surface area (Å²) in [7, 11) is 0. The van der Waals surface area contributed by atoms with Gasteiger partial charge in [-0.2, -0.15) is 0 Å². The van der Waals surface area contributed by atoms with Crippen LogP contribution in [0.1, 0.15) is 50.7 Å². The second-order valence-electron chi connectivity index (χ2n) is 5.64. The Morgan fingerprint density at radius 2 is 2.00 bits per heavy atom. The first kappa shape index (κ1) is 12.6. The highest BCUT2D eigenvalue weighted by molar-refractivity contribution is 5.41. The maximum atomic E-state index is 3.68. The molecule has 0 amide bonds. The van der Waals surface area contributed by atoms with E-state index >= 15 is 0 Å². The van der Waals surface area contributed by atoms with Crippen molar-refractivity contribution in [3.8, 4) is 0 Å². The molecule has 0 aliphatic heterocycles. The number of likely N-dealkylation sites (N-methyl/N-ethyl adjacent to an activating group) is 1. The normalized spacial score (nSPS) is 19.9. The van der Waals surface area contributed by atoms with Crippen molar-refractivity contribution in [3.63, 3.8) is 0 Å². The minimum atomic E-state index is 0.678. The van der Waals surface area contributed by atoms with Gasteiger partial charge in [0.15, 0.2) is 0 Å². The monoisotopic (exact) mass is 231 g/mol. The predicted octanol–water partition coefficient (Wildman–Crippen LogP) is 3.74. The molecule has 1 nitrogen and oxygen atoms in total. The first-order chi connectivity index (χ1) is 8.22. The van der Waals surface area contributed by atoms with E-state index in [9.17, 15) is 0 Å². The summed E-state index contributed by atoms with van der Waals surface area (Å²) in [5.74, 6) is 1.57. The van der Waals surface area contributed by atoms with Crippen molar-refractivity contribution in [2.75, 3.05) is 6.54 Å². The Morgan fingerprint density at radius 1 is 1.24 bits per heavy atom. The third-order valence-corrected chi connectivity index (χ3v) is 3.90. The number of nitrogens with one attached hydrogen (secondary N) is 1. The summed E-state index contributed by atoms with van der Waals surface area (Å²) in [5, 5.41) is 3.68. The van der Waals surface area contributed by atoms with Crippen LogP contribution in [0.3, 0.4) is 0 Å². The standard InChI is InChI=1S/C16H25N/c1-4-17-16(10-9-12(2)3)15-11-13-7-5-6-8-14(13)15/h5-8,12,15-17H,4,9-11H2,1-3H3. The second-order valence-corrected chi connectivity index (χ2v) is 5.64. The summed E-state index contributed by atoms with van der Waals surface area (Å²) >= 11 is 0. The van der Waals surface area contributed by atoms with Crippen molar-refractivity contribution >= 4 is 0 Å². The van der Waals surface area contributed by atoms with E-state index in [2.05, 4.69) is 50.4 Å². The van der Waals surface area contributed by atoms with Crippen LogP contribution >= 0.6 is 0 Å². The summed E-state index contributed by atoms with van der Waals surface area (Å²) in [4.78, 5) is 0. The molecule has 1 heteroatoms. The lowest BCUT2D eigenvalue weighted by Gasteiger charge is -2.37. The minimum Gasteiger partial charge on any atom is -0.314 e. The largest absolute Gasteiger partial charge is 0.314 e. The molecule has 1 N–H and O–H groups in total. The topological polar surface area (TPSA) is 12.0 Å². The molecule has 2 rings (SSSR count). The Hall–Kier alpha value is -0.820. The summed E-state index contributed by atoms with van der Waals surface area (Å²) in [6.45, 7) is 7.93. The van der Waals surface area contributed by atoms with Crippen LogP contribution < -0.4 is 5.32 Å².